The van der Waals surface area contributed by atoms with Gasteiger partial charge in [0, 0.05) is 18.0 Å². The molecule has 1 N–H and O–H groups in total. The highest BCUT2D eigenvalue weighted by molar-refractivity contribution is 6.00. The molecule has 0 saturated carbocycles. The van der Waals surface area contributed by atoms with E-state index in [1.165, 1.54) is 19.5 Å². The summed E-state index contributed by atoms with van der Waals surface area (Å²) in [6, 6.07) is 14.3. The van der Waals surface area contributed by atoms with E-state index in [0.717, 1.165) is 11.1 Å². The van der Waals surface area contributed by atoms with E-state index in [0.29, 0.717) is 29.7 Å². The van der Waals surface area contributed by atoms with Crippen LogP contribution in [0.15, 0.2) is 73.1 Å². The molecule has 6 heteroatoms. The molecular formula is C27H25NO5. The zero-order valence-electron chi connectivity index (χ0n) is 18.6. The highest BCUT2D eigenvalue weighted by Gasteiger charge is 2.26. The molecule has 0 aliphatic carbocycles. The molecule has 168 valence electrons. The van der Waals surface area contributed by atoms with Crippen LogP contribution < -0.4 is 9.47 Å². The van der Waals surface area contributed by atoms with Crippen molar-refractivity contribution in [1.29, 1.82) is 0 Å². The minimum Gasteiger partial charge on any atom is -0.496 e. The normalized spacial score (nSPS) is 10.7. The number of carboxylic acids is 1. The van der Waals surface area contributed by atoms with Crippen molar-refractivity contribution >= 4 is 24.1 Å². The van der Waals surface area contributed by atoms with Crippen molar-refractivity contribution in [1.82, 2.24) is 4.98 Å². The molecule has 3 rings (SSSR count). The van der Waals surface area contributed by atoms with Crippen molar-refractivity contribution in [2.45, 2.75) is 19.8 Å². The second kappa shape index (κ2) is 10.9. The number of esters is 1. The Bertz CT molecular complexity index is 1180. The summed E-state index contributed by atoms with van der Waals surface area (Å²) in [6.45, 7) is 5.80. The third-order valence-corrected chi connectivity index (χ3v) is 4.96. The molecule has 1 aromatic heterocycles. The first-order valence-electron chi connectivity index (χ1n) is 10.4. The summed E-state index contributed by atoms with van der Waals surface area (Å²) in [6.07, 6.45) is 7.35. The average Bonchev–Trinajstić information content (AvgIpc) is 2.82. The Balaban J connectivity index is 2.17. The van der Waals surface area contributed by atoms with Gasteiger partial charge < -0.3 is 14.6 Å². The summed E-state index contributed by atoms with van der Waals surface area (Å²) >= 11 is 0. The number of allylic oxidation sites excluding steroid dienone is 1. The minimum atomic E-state index is -1.21. The van der Waals surface area contributed by atoms with Gasteiger partial charge in [-0.15, -0.1) is 6.58 Å². The SMILES string of the molecule is C=C(C)CCc1c(OC)cc(/C=C/c2ccccc2)c(C(=O)O)c1OC(=O)c1cccnc1. The first-order chi connectivity index (χ1) is 15.9. The summed E-state index contributed by atoms with van der Waals surface area (Å²) in [5.74, 6) is -1.52. The Hall–Kier alpha value is -4.19. The van der Waals surface area contributed by atoms with E-state index >= 15 is 0 Å². The van der Waals surface area contributed by atoms with Crippen LogP contribution in [0.4, 0.5) is 0 Å². The molecule has 0 fully saturated rings. The summed E-state index contributed by atoms with van der Waals surface area (Å²) in [5, 5.41) is 10.1. The molecule has 33 heavy (non-hydrogen) atoms. The Morgan fingerprint density at radius 3 is 2.48 bits per heavy atom. The lowest BCUT2D eigenvalue weighted by molar-refractivity contribution is 0.0680. The van der Waals surface area contributed by atoms with Gasteiger partial charge in [-0.05, 0) is 49.1 Å². The van der Waals surface area contributed by atoms with Gasteiger partial charge in [-0.1, -0.05) is 48.1 Å². The third kappa shape index (κ3) is 5.95. The lowest BCUT2D eigenvalue weighted by atomic mass is 9.96. The van der Waals surface area contributed by atoms with E-state index in [9.17, 15) is 14.7 Å². The Morgan fingerprint density at radius 2 is 1.88 bits per heavy atom. The number of pyridine rings is 1. The molecule has 0 amide bonds. The van der Waals surface area contributed by atoms with Crippen LogP contribution >= 0.6 is 0 Å². The first kappa shape index (κ1) is 23.5. The molecule has 1 heterocycles. The van der Waals surface area contributed by atoms with Crippen molar-refractivity contribution in [2.75, 3.05) is 7.11 Å². The number of benzene rings is 2. The van der Waals surface area contributed by atoms with E-state index < -0.39 is 11.9 Å². The van der Waals surface area contributed by atoms with Crippen LogP contribution in [0.3, 0.4) is 0 Å². The van der Waals surface area contributed by atoms with Gasteiger partial charge >= 0.3 is 11.9 Å². The molecule has 0 aliphatic heterocycles. The number of nitrogens with zero attached hydrogens (tertiary/aromatic N) is 1. The van der Waals surface area contributed by atoms with Crippen LogP contribution in [-0.2, 0) is 6.42 Å². The van der Waals surface area contributed by atoms with Crippen LogP contribution in [0, 0.1) is 0 Å². The molecule has 6 nitrogen and oxygen atoms in total. The molecule has 3 aromatic rings. The molecule has 0 saturated heterocycles. The average molecular weight is 443 g/mol. The topological polar surface area (TPSA) is 85.7 Å². The monoisotopic (exact) mass is 443 g/mol. The van der Waals surface area contributed by atoms with Crippen LogP contribution in [-0.4, -0.2) is 29.1 Å². The summed E-state index contributed by atoms with van der Waals surface area (Å²) in [7, 11) is 1.50. The van der Waals surface area contributed by atoms with Crippen LogP contribution in [0.2, 0.25) is 0 Å². The molecular weight excluding hydrogens is 418 g/mol. The summed E-state index contributed by atoms with van der Waals surface area (Å²) < 4.78 is 11.3. The Kier molecular flexibility index (Phi) is 7.76. The predicted octanol–water partition coefficient (Wildman–Crippen LogP) is 5.69. The van der Waals surface area contributed by atoms with Crippen LogP contribution in [0.5, 0.6) is 11.5 Å². The maximum atomic E-state index is 12.8. The summed E-state index contributed by atoms with van der Waals surface area (Å²) in [5.41, 5.74) is 2.75. The van der Waals surface area contributed by atoms with Crippen molar-refractivity contribution in [3.05, 3.63) is 101 Å². The van der Waals surface area contributed by atoms with E-state index in [1.807, 2.05) is 37.3 Å². The fourth-order valence-corrected chi connectivity index (χ4v) is 3.30. The van der Waals surface area contributed by atoms with Gasteiger partial charge in [-0.25, -0.2) is 9.59 Å². The number of carbonyl (C=O) groups is 2. The number of carboxylic acid groups (broad SMARTS) is 1. The Morgan fingerprint density at radius 1 is 1.12 bits per heavy atom. The van der Waals surface area contributed by atoms with Gasteiger partial charge in [0.15, 0.2) is 5.75 Å². The molecule has 0 unspecified atom stereocenters. The lowest BCUT2D eigenvalue weighted by Crippen LogP contribution is -2.15. The first-order valence-corrected chi connectivity index (χ1v) is 10.4. The largest absolute Gasteiger partial charge is 0.496 e. The number of aromatic nitrogens is 1. The fourth-order valence-electron chi connectivity index (χ4n) is 3.30. The maximum Gasteiger partial charge on any atom is 0.345 e. The lowest BCUT2D eigenvalue weighted by Gasteiger charge is -2.18. The molecule has 0 radical (unpaired) electrons. The van der Waals surface area contributed by atoms with E-state index in [4.69, 9.17) is 9.47 Å². The maximum absolute atomic E-state index is 12.8. The van der Waals surface area contributed by atoms with Gasteiger partial charge in [-0.2, -0.15) is 0 Å². The minimum absolute atomic E-state index is 0.0373. The predicted molar refractivity (Wildman–Crippen MR) is 128 cm³/mol. The molecule has 0 atom stereocenters. The number of carbonyl (C=O) groups excluding carboxylic acids is 1. The highest BCUT2D eigenvalue weighted by atomic mass is 16.5. The quantitative estimate of drug-likeness (QED) is 0.198. The van der Waals surface area contributed by atoms with Crippen molar-refractivity contribution in [3.8, 4) is 11.5 Å². The highest BCUT2D eigenvalue weighted by Crippen LogP contribution is 2.38. The Labute approximate surface area is 192 Å². The standard InChI is InChI=1S/C27H25NO5/c1-18(2)11-14-22-23(32-3)16-20(13-12-19-8-5-4-6-9-19)24(26(29)30)25(22)33-27(31)21-10-7-15-28-17-21/h4-10,12-13,15-17H,1,11,14H2,2-3H3,(H,29,30)/b13-12+. The fraction of sp³-hybridized carbons (Fsp3) is 0.148. The zero-order chi connectivity index (χ0) is 23.8. The van der Waals surface area contributed by atoms with Gasteiger partial charge in [-0.3, -0.25) is 4.98 Å². The van der Waals surface area contributed by atoms with Crippen molar-refractivity contribution in [3.63, 3.8) is 0 Å². The molecule has 0 spiro atoms. The second-order valence-electron chi connectivity index (χ2n) is 7.49. The summed E-state index contributed by atoms with van der Waals surface area (Å²) in [4.78, 5) is 29.1. The number of methoxy groups -OCH3 is 1. The number of hydrogen-bond donors (Lipinski definition) is 1. The van der Waals surface area contributed by atoms with E-state index in [2.05, 4.69) is 11.6 Å². The smallest absolute Gasteiger partial charge is 0.345 e. The van der Waals surface area contributed by atoms with Crippen molar-refractivity contribution in [2.24, 2.45) is 0 Å². The van der Waals surface area contributed by atoms with Gasteiger partial charge in [0.05, 0.1) is 12.7 Å². The van der Waals surface area contributed by atoms with Gasteiger partial charge in [0.25, 0.3) is 0 Å². The van der Waals surface area contributed by atoms with E-state index in [-0.39, 0.29) is 16.9 Å². The molecule has 0 aliphatic rings. The second-order valence-corrected chi connectivity index (χ2v) is 7.49. The van der Waals surface area contributed by atoms with Gasteiger partial charge in [0.1, 0.15) is 11.3 Å². The number of rotatable bonds is 9. The molecule has 2 aromatic carbocycles. The third-order valence-electron chi connectivity index (χ3n) is 4.96. The molecule has 0 bridgehead atoms. The number of hydrogen-bond acceptors (Lipinski definition) is 5. The van der Waals surface area contributed by atoms with Crippen LogP contribution in [0.25, 0.3) is 12.2 Å². The van der Waals surface area contributed by atoms with Gasteiger partial charge in [0.2, 0.25) is 0 Å². The number of ether oxygens (including phenoxy) is 2. The van der Waals surface area contributed by atoms with Crippen LogP contribution in [0.1, 0.15) is 50.8 Å². The number of aromatic carboxylic acids is 1. The zero-order valence-corrected chi connectivity index (χ0v) is 18.6. The van der Waals surface area contributed by atoms with Crippen molar-refractivity contribution < 1.29 is 24.2 Å². The van der Waals surface area contributed by atoms with E-state index in [1.54, 1.807) is 30.4 Å².